The summed E-state index contributed by atoms with van der Waals surface area (Å²) in [6.07, 6.45) is 0. The molecule has 0 aliphatic heterocycles. The Morgan fingerprint density at radius 2 is 1.20 bits per heavy atom. The summed E-state index contributed by atoms with van der Waals surface area (Å²) < 4.78 is 2.16. The van der Waals surface area contributed by atoms with Crippen LogP contribution in [0.5, 0.6) is 0 Å². The first kappa shape index (κ1) is 18.3. The standard InChI is InChI=1S/C20H17Br2ClN2/c21-16-5-1-14(2-6-16)12-24-18-9-10-20(19(23)11-18)25-13-15-3-7-17(22)8-4-15/h1-11,24-25H,12-13H2. The molecule has 0 radical (unpaired) electrons. The molecule has 2 N–H and O–H groups in total. The fourth-order valence-electron chi connectivity index (χ4n) is 2.37. The van der Waals surface area contributed by atoms with Crippen LogP contribution in [0, 0.1) is 0 Å². The number of nitrogens with one attached hydrogen (secondary N) is 2. The van der Waals surface area contributed by atoms with Crippen LogP contribution in [0.1, 0.15) is 11.1 Å². The average molecular weight is 481 g/mol. The van der Waals surface area contributed by atoms with E-state index in [1.165, 1.54) is 11.1 Å². The molecule has 0 heterocycles. The van der Waals surface area contributed by atoms with Crippen LogP contribution in [0.3, 0.4) is 0 Å². The van der Waals surface area contributed by atoms with Gasteiger partial charge in [-0.3, -0.25) is 0 Å². The third kappa shape index (κ3) is 5.50. The van der Waals surface area contributed by atoms with Crippen molar-refractivity contribution in [3.8, 4) is 0 Å². The summed E-state index contributed by atoms with van der Waals surface area (Å²) in [5.41, 5.74) is 4.36. The number of anilines is 2. The van der Waals surface area contributed by atoms with Crippen LogP contribution in [0.15, 0.2) is 75.7 Å². The van der Waals surface area contributed by atoms with E-state index in [4.69, 9.17) is 11.6 Å². The molecule has 128 valence electrons. The summed E-state index contributed by atoms with van der Waals surface area (Å²) in [7, 11) is 0. The van der Waals surface area contributed by atoms with E-state index in [0.29, 0.717) is 5.02 Å². The van der Waals surface area contributed by atoms with Crippen molar-refractivity contribution in [2.45, 2.75) is 13.1 Å². The predicted octanol–water partition coefficient (Wildman–Crippen LogP) is 7.09. The normalized spacial score (nSPS) is 10.5. The van der Waals surface area contributed by atoms with E-state index in [0.717, 1.165) is 33.4 Å². The van der Waals surface area contributed by atoms with E-state index in [9.17, 15) is 0 Å². The zero-order valence-corrected chi connectivity index (χ0v) is 17.3. The minimum Gasteiger partial charge on any atom is -0.381 e. The third-order valence-electron chi connectivity index (χ3n) is 3.78. The Labute approximate surface area is 169 Å². The molecule has 3 aromatic rings. The van der Waals surface area contributed by atoms with Gasteiger partial charge < -0.3 is 10.6 Å². The van der Waals surface area contributed by atoms with E-state index in [1.54, 1.807) is 0 Å². The van der Waals surface area contributed by atoms with Crippen LogP contribution < -0.4 is 10.6 Å². The lowest BCUT2D eigenvalue weighted by Crippen LogP contribution is -2.02. The maximum Gasteiger partial charge on any atom is 0.0658 e. The molecule has 5 heteroatoms. The number of hydrogen-bond donors (Lipinski definition) is 2. The van der Waals surface area contributed by atoms with Gasteiger partial charge in [0.1, 0.15) is 0 Å². The molecule has 0 aliphatic rings. The molecule has 2 nitrogen and oxygen atoms in total. The van der Waals surface area contributed by atoms with Gasteiger partial charge in [0.25, 0.3) is 0 Å². The van der Waals surface area contributed by atoms with Gasteiger partial charge in [0.15, 0.2) is 0 Å². The van der Waals surface area contributed by atoms with Crippen LogP contribution >= 0.6 is 43.5 Å². The topological polar surface area (TPSA) is 24.1 Å². The first-order chi connectivity index (χ1) is 12.1. The minimum atomic E-state index is 0.706. The number of benzene rings is 3. The molecule has 25 heavy (non-hydrogen) atoms. The largest absolute Gasteiger partial charge is 0.381 e. The molecule has 0 aromatic heterocycles. The molecule has 0 unspecified atom stereocenters. The van der Waals surface area contributed by atoms with Gasteiger partial charge in [-0.05, 0) is 53.6 Å². The highest BCUT2D eigenvalue weighted by Gasteiger charge is 2.03. The molecule has 3 aromatic carbocycles. The molecule has 0 fully saturated rings. The number of halogens is 3. The van der Waals surface area contributed by atoms with Crippen molar-refractivity contribution in [3.05, 3.63) is 91.8 Å². The van der Waals surface area contributed by atoms with Gasteiger partial charge in [-0.2, -0.15) is 0 Å². The van der Waals surface area contributed by atoms with Gasteiger partial charge in [0.05, 0.1) is 10.7 Å². The van der Waals surface area contributed by atoms with Crippen molar-refractivity contribution >= 4 is 54.8 Å². The van der Waals surface area contributed by atoms with Gasteiger partial charge in [-0.25, -0.2) is 0 Å². The van der Waals surface area contributed by atoms with Crippen molar-refractivity contribution in [2.24, 2.45) is 0 Å². The lowest BCUT2D eigenvalue weighted by molar-refractivity contribution is 1.14. The monoisotopic (exact) mass is 478 g/mol. The first-order valence-electron chi connectivity index (χ1n) is 7.86. The van der Waals surface area contributed by atoms with E-state index in [2.05, 4.69) is 66.8 Å². The molecule has 0 saturated carbocycles. The maximum absolute atomic E-state index is 6.41. The summed E-state index contributed by atoms with van der Waals surface area (Å²) >= 11 is 13.3. The maximum atomic E-state index is 6.41. The van der Waals surface area contributed by atoms with Crippen LogP contribution in [-0.4, -0.2) is 0 Å². The lowest BCUT2D eigenvalue weighted by Gasteiger charge is -2.12. The van der Waals surface area contributed by atoms with Crippen molar-refractivity contribution in [1.29, 1.82) is 0 Å². The van der Waals surface area contributed by atoms with Crippen LogP contribution in [0.25, 0.3) is 0 Å². The SMILES string of the molecule is Clc1cc(NCc2ccc(Br)cc2)ccc1NCc1ccc(Br)cc1. The summed E-state index contributed by atoms with van der Waals surface area (Å²) in [6, 6.07) is 22.5. The van der Waals surface area contributed by atoms with Gasteiger partial charge in [-0.1, -0.05) is 67.7 Å². The highest BCUT2D eigenvalue weighted by atomic mass is 79.9. The van der Waals surface area contributed by atoms with E-state index in [1.807, 2.05) is 42.5 Å². The van der Waals surface area contributed by atoms with Crippen molar-refractivity contribution < 1.29 is 0 Å². The Kier molecular flexibility index (Phi) is 6.40. The predicted molar refractivity (Wildman–Crippen MR) is 114 cm³/mol. The molecular formula is C20H17Br2ClN2. The third-order valence-corrected chi connectivity index (χ3v) is 5.15. The second-order valence-corrected chi connectivity index (χ2v) is 7.89. The van der Waals surface area contributed by atoms with Gasteiger partial charge in [-0.15, -0.1) is 0 Å². The fourth-order valence-corrected chi connectivity index (χ4v) is 3.15. The first-order valence-corrected chi connectivity index (χ1v) is 9.83. The fraction of sp³-hybridized carbons (Fsp3) is 0.100. The zero-order valence-electron chi connectivity index (χ0n) is 13.4. The summed E-state index contributed by atoms with van der Waals surface area (Å²) in [4.78, 5) is 0. The quantitative estimate of drug-likeness (QED) is 0.394. The molecule has 0 amide bonds. The smallest absolute Gasteiger partial charge is 0.0658 e. The summed E-state index contributed by atoms with van der Waals surface area (Å²) in [5, 5.41) is 7.48. The molecule has 0 saturated heterocycles. The highest BCUT2D eigenvalue weighted by molar-refractivity contribution is 9.10. The summed E-state index contributed by atoms with van der Waals surface area (Å²) in [5.74, 6) is 0. The molecule has 0 atom stereocenters. The molecular weight excluding hydrogens is 463 g/mol. The van der Waals surface area contributed by atoms with Crippen LogP contribution in [-0.2, 0) is 13.1 Å². The second kappa shape index (κ2) is 8.75. The molecule has 0 aliphatic carbocycles. The Hall–Kier alpha value is -1.49. The van der Waals surface area contributed by atoms with Crippen molar-refractivity contribution in [1.82, 2.24) is 0 Å². The van der Waals surface area contributed by atoms with Crippen LogP contribution in [0.4, 0.5) is 11.4 Å². The van der Waals surface area contributed by atoms with Gasteiger partial charge in [0.2, 0.25) is 0 Å². The Morgan fingerprint density at radius 1 is 0.680 bits per heavy atom. The Morgan fingerprint density at radius 3 is 1.72 bits per heavy atom. The van der Waals surface area contributed by atoms with Crippen molar-refractivity contribution in [2.75, 3.05) is 10.6 Å². The number of rotatable bonds is 6. The molecule has 0 bridgehead atoms. The van der Waals surface area contributed by atoms with Crippen LogP contribution in [0.2, 0.25) is 5.02 Å². The molecule has 0 spiro atoms. The summed E-state index contributed by atoms with van der Waals surface area (Å²) in [6.45, 7) is 1.49. The second-order valence-electron chi connectivity index (χ2n) is 5.65. The van der Waals surface area contributed by atoms with Gasteiger partial charge >= 0.3 is 0 Å². The number of hydrogen-bond acceptors (Lipinski definition) is 2. The Balaban J connectivity index is 1.58. The van der Waals surface area contributed by atoms with Crippen molar-refractivity contribution in [3.63, 3.8) is 0 Å². The minimum absolute atomic E-state index is 0.706. The van der Waals surface area contributed by atoms with E-state index < -0.39 is 0 Å². The highest BCUT2D eigenvalue weighted by Crippen LogP contribution is 2.26. The zero-order chi connectivity index (χ0) is 17.6. The van der Waals surface area contributed by atoms with E-state index >= 15 is 0 Å². The van der Waals surface area contributed by atoms with E-state index in [-0.39, 0.29) is 0 Å². The Bertz CT molecular complexity index is 833. The average Bonchev–Trinajstić information content (AvgIpc) is 2.62. The lowest BCUT2D eigenvalue weighted by atomic mass is 10.2. The molecule has 3 rings (SSSR count). The van der Waals surface area contributed by atoms with Gasteiger partial charge in [0, 0.05) is 27.7 Å².